The molecule has 0 spiro atoms. The Morgan fingerprint density at radius 1 is 0.730 bits per heavy atom. The second kappa shape index (κ2) is 14.1. The summed E-state index contributed by atoms with van der Waals surface area (Å²) in [6, 6.07) is 42.2. The van der Waals surface area contributed by atoms with E-state index in [0.717, 1.165) is 11.1 Å². The Kier molecular flexibility index (Phi) is 10.7. The lowest BCUT2D eigenvalue weighted by Crippen LogP contribution is -3.00. The number of allylic oxidation sites excluding steroid dienone is 3. The van der Waals surface area contributed by atoms with Gasteiger partial charge in [-0.05, 0) is 48.0 Å². The zero-order chi connectivity index (χ0) is 25.1. The van der Waals surface area contributed by atoms with Gasteiger partial charge in [0.15, 0.2) is 0 Å². The van der Waals surface area contributed by atoms with Crippen LogP contribution in [0.1, 0.15) is 5.56 Å². The highest BCUT2D eigenvalue weighted by Gasteiger charge is 2.44. The van der Waals surface area contributed by atoms with Gasteiger partial charge in [0.1, 0.15) is 29.3 Å². The minimum Gasteiger partial charge on any atom is -1.00 e. The number of hydrogen-bond acceptors (Lipinski definition) is 2. The van der Waals surface area contributed by atoms with Crippen molar-refractivity contribution < 1.29 is 26.5 Å². The first-order valence-corrected chi connectivity index (χ1v) is 13.8. The van der Waals surface area contributed by atoms with Crippen molar-refractivity contribution in [1.29, 1.82) is 0 Å². The van der Waals surface area contributed by atoms with Gasteiger partial charge in [-0.25, -0.2) is 4.79 Å². The molecule has 0 saturated heterocycles. The van der Waals surface area contributed by atoms with Crippen molar-refractivity contribution in [3.8, 4) is 11.8 Å². The smallest absolute Gasteiger partial charge is 0.330 e. The van der Waals surface area contributed by atoms with Gasteiger partial charge < -0.3 is 21.7 Å². The standard InChI is InChI=1S/C33H28O2P.BrH/c1-35-33(34)26-14-18-29(28-16-6-2-7-17-28)19-15-27-36(30-20-8-3-9-21-30,31-22-10-4-11-23-31)32-24-12-5-13-25-32;/h2-14,16-18,20-26H,27H2,1H3;1H/q+1;/p-1/b26-14+,29-18+;. The fourth-order valence-corrected chi connectivity index (χ4v) is 7.94. The summed E-state index contributed by atoms with van der Waals surface area (Å²) in [5, 5.41) is 3.90. The first-order chi connectivity index (χ1) is 17.7. The Morgan fingerprint density at radius 3 is 1.59 bits per heavy atom. The molecule has 184 valence electrons. The predicted octanol–water partition coefficient (Wildman–Crippen LogP) is 2.80. The number of esters is 1. The van der Waals surface area contributed by atoms with E-state index in [4.69, 9.17) is 4.74 Å². The van der Waals surface area contributed by atoms with Crippen molar-refractivity contribution in [3.63, 3.8) is 0 Å². The Morgan fingerprint density at radius 2 is 1.16 bits per heavy atom. The third-order valence-electron chi connectivity index (χ3n) is 5.91. The summed E-state index contributed by atoms with van der Waals surface area (Å²) in [4.78, 5) is 11.6. The first-order valence-electron chi connectivity index (χ1n) is 11.8. The number of carbonyl (C=O) groups excluding carboxylic acids is 1. The molecule has 4 aromatic carbocycles. The third-order valence-corrected chi connectivity index (χ3v) is 10.1. The quantitative estimate of drug-likeness (QED) is 0.113. The van der Waals surface area contributed by atoms with E-state index in [-0.39, 0.29) is 17.0 Å². The maximum absolute atomic E-state index is 11.6. The zero-order valence-corrected chi connectivity index (χ0v) is 23.1. The Hall–Kier alpha value is -3.70. The van der Waals surface area contributed by atoms with Gasteiger partial charge in [0.2, 0.25) is 0 Å². The Balaban J connectivity index is 0.00000380. The van der Waals surface area contributed by atoms with Gasteiger partial charge in [0.25, 0.3) is 0 Å². The molecule has 4 heteroatoms. The van der Waals surface area contributed by atoms with Gasteiger partial charge in [-0.1, -0.05) is 103 Å². The van der Waals surface area contributed by atoms with Gasteiger partial charge in [-0.3, -0.25) is 0 Å². The van der Waals surface area contributed by atoms with Crippen LogP contribution in [0.3, 0.4) is 0 Å². The maximum atomic E-state index is 11.6. The number of methoxy groups -OCH3 is 1. The van der Waals surface area contributed by atoms with Crippen molar-refractivity contribution in [3.05, 3.63) is 145 Å². The van der Waals surface area contributed by atoms with E-state index in [1.54, 1.807) is 6.08 Å². The summed E-state index contributed by atoms with van der Waals surface area (Å²) >= 11 is 0. The monoisotopic (exact) mass is 566 g/mol. The van der Waals surface area contributed by atoms with E-state index in [0.29, 0.717) is 6.16 Å². The van der Waals surface area contributed by atoms with E-state index in [1.165, 1.54) is 29.1 Å². The number of benzene rings is 4. The Labute approximate surface area is 230 Å². The summed E-state index contributed by atoms with van der Waals surface area (Å²) < 4.78 is 4.72. The average Bonchev–Trinajstić information content (AvgIpc) is 2.96. The highest BCUT2D eigenvalue weighted by atomic mass is 79.9. The van der Waals surface area contributed by atoms with Gasteiger partial charge in [-0.15, -0.1) is 0 Å². The molecule has 2 nitrogen and oxygen atoms in total. The highest BCUT2D eigenvalue weighted by molar-refractivity contribution is 7.95. The molecule has 0 aliphatic carbocycles. The van der Waals surface area contributed by atoms with E-state index in [2.05, 4.69) is 103 Å². The molecular weight excluding hydrogens is 539 g/mol. The van der Waals surface area contributed by atoms with Gasteiger partial charge in [-0.2, -0.15) is 0 Å². The van der Waals surface area contributed by atoms with Crippen LogP contribution in [-0.4, -0.2) is 19.2 Å². The zero-order valence-electron chi connectivity index (χ0n) is 20.6. The average molecular weight is 567 g/mol. The van der Waals surface area contributed by atoms with Crippen LogP contribution in [0, 0.1) is 11.8 Å². The SMILES string of the molecule is COC(=O)/C=C/C=C(\C#CC[P+](c1ccccc1)(c1ccccc1)c1ccccc1)c1ccccc1.[Br-]. The van der Waals surface area contributed by atoms with Gasteiger partial charge in [0, 0.05) is 11.6 Å². The maximum Gasteiger partial charge on any atom is 0.330 e. The molecular formula is C33H28BrO2P. The van der Waals surface area contributed by atoms with Crippen molar-refractivity contribution in [2.24, 2.45) is 0 Å². The second-order valence-electron chi connectivity index (χ2n) is 8.10. The number of hydrogen-bond donors (Lipinski definition) is 0. The lowest BCUT2D eigenvalue weighted by molar-refractivity contribution is -0.134. The molecule has 0 fully saturated rings. The normalized spacial score (nSPS) is 11.2. The summed E-state index contributed by atoms with van der Waals surface area (Å²) in [6.45, 7) is 0. The summed E-state index contributed by atoms with van der Waals surface area (Å²) in [5.41, 5.74) is 1.85. The molecule has 37 heavy (non-hydrogen) atoms. The van der Waals surface area contributed by atoms with Crippen LogP contribution in [0.25, 0.3) is 5.57 Å². The molecule has 0 aliphatic rings. The number of rotatable bonds is 7. The van der Waals surface area contributed by atoms with Gasteiger partial charge >= 0.3 is 5.97 Å². The topological polar surface area (TPSA) is 26.3 Å². The summed E-state index contributed by atoms with van der Waals surface area (Å²) in [5.74, 6) is 6.59. The van der Waals surface area contributed by atoms with Crippen molar-refractivity contribution >= 4 is 34.7 Å². The van der Waals surface area contributed by atoms with E-state index < -0.39 is 13.2 Å². The predicted molar refractivity (Wildman–Crippen MR) is 153 cm³/mol. The fraction of sp³-hybridized carbons (Fsp3) is 0.0606. The van der Waals surface area contributed by atoms with Gasteiger partial charge in [0.05, 0.1) is 7.11 Å². The van der Waals surface area contributed by atoms with Crippen molar-refractivity contribution in [2.75, 3.05) is 13.3 Å². The molecule has 0 N–H and O–H groups in total. The van der Waals surface area contributed by atoms with E-state index in [9.17, 15) is 4.79 Å². The molecule has 0 saturated carbocycles. The fourth-order valence-electron chi connectivity index (χ4n) is 4.14. The van der Waals surface area contributed by atoms with Crippen molar-refractivity contribution in [1.82, 2.24) is 0 Å². The Bertz CT molecular complexity index is 1290. The lowest BCUT2D eigenvalue weighted by Gasteiger charge is -2.25. The molecule has 0 amide bonds. The van der Waals surface area contributed by atoms with Crippen LogP contribution >= 0.6 is 7.26 Å². The van der Waals surface area contributed by atoms with Crippen LogP contribution < -0.4 is 32.9 Å². The molecule has 0 bridgehead atoms. The van der Waals surface area contributed by atoms with Crippen LogP contribution in [0.2, 0.25) is 0 Å². The third kappa shape index (κ3) is 6.95. The molecule has 0 radical (unpaired) electrons. The second-order valence-corrected chi connectivity index (χ2v) is 11.6. The largest absolute Gasteiger partial charge is 1.00 e. The molecule has 0 heterocycles. The summed E-state index contributed by atoms with van der Waals surface area (Å²) in [6.07, 6.45) is 5.65. The van der Waals surface area contributed by atoms with Crippen LogP contribution in [0.5, 0.6) is 0 Å². The van der Waals surface area contributed by atoms with E-state index in [1.807, 2.05) is 36.4 Å². The molecule has 0 unspecified atom stereocenters. The lowest BCUT2D eigenvalue weighted by atomic mass is 10.1. The minimum atomic E-state index is -2.04. The molecule has 0 aromatic heterocycles. The van der Waals surface area contributed by atoms with Crippen LogP contribution in [-0.2, 0) is 9.53 Å². The molecule has 4 aromatic rings. The van der Waals surface area contributed by atoms with E-state index >= 15 is 0 Å². The number of carbonyl (C=O) groups is 1. The number of ether oxygens (including phenoxy) is 1. The molecule has 4 rings (SSSR count). The molecule has 0 atom stereocenters. The number of halogens is 1. The van der Waals surface area contributed by atoms with Crippen molar-refractivity contribution in [2.45, 2.75) is 0 Å². The molecule has 0 aliphatic heterocycles. The van der Waals surface area contributed by atoms with Crippen LogP contribution in [0.4, 0.5) is 0 Å². The first kappa shape index (κ1) is 27.9. The summed E-state index contributed by atoms with van der Waals surface area (Å²) in [7, 11) is -0.671. The van der Waals surface area contributed by atoms with Crippen LogP contribution in [0.15, 0.2) is 140 Å². The highest BCUT2D eigenvalue weighted by Crippen LogP contribution is 2.54. The minimum absolute atomic E-state index is 0.